The van der Waals surface area contributed by atoms with E-state index in [1.54, 1.807) is 12.1 Å². The first-order chi connectivity index (χ1) is 29.5. The predicted molar refractivity (Wildman–Crippen MR) is 233 cm³/mol. The fourth-order valence-corrected chi connectivity index (χ4v) is 9.64. The lowest BCUT2D eigenvalue weighted by molar-refractivity contribution is -0.136. The number of carbonyl (C=O) groups is 4. The molecule has 0 saturated carbocycles. The van der Waals surface area contributed by atoms with Gasteiger partial charge < -0.3 is 14.7 Å². The number of piperazine rings is 1. The minimum absolute atomic E-state index is 0.0221. The van der Waals surface area contributed by atoms with Crippen molar-refractivity contribution in [1.82, 2.24) is 20.0 Å². The average Bonchev–Trinajstić information content (AvgIpc) is 3.49. The van der Waals surface area contributed by atoms with Gasteiger partial charge in [0.1, 0.15) is 30.0 Å². The number of amides is 4. The summed E-state index contributed by atoms with van der Waals surface area (Å²) in [4.78, 5) is 58.7. The van der Waals surface area contributed by atoms with Crippen LogP contribution in [0.4, 0.5) is 10.1 Å². The number of ether oxygens (including phenoxy) is 1. The lowest BCUT2D eigenvalue weighted by Crippen LogP contribution is -2.58. The van der Waals surface area contributed by atoms with Crippen LogP contribution in [0.15, 0.2) is 91.0 Å². The molecule has 11 nitrogen and oxygen atoms in total. The number of nitrogens with one attached hydrogen (secondary N) is 1. The van der Waals surface area contributed by atoms with Gasteiger partial charge in [-0.2, -0.15) is 0 Å². The summed E-state index contributed by atoms with van der Waals surface area (Å²) >= 11 is 0. The molecule has 4 amide bonds. The quantitative estimate of drug-likeness (QED) is 0.115. The smallest absolute Gasteiger partial charge is 0.262 e. The number of allylic oxidation sites excluding steroid dienone is 1. The highest BCUT2D eigenvalue weighted by molar-refractivity contribution is 6.23. The first kappa shape index (κ1) is 41.9. The zero-order chi connectivity index (χ0) is 42.8. The van der Waals surface area contributed by atoms with E-state index in [0.29, 0.717) is 25.6 Å². The molecule has 3 atom stereocenters. The number of carbonyl (C=O) groups excluding carboxylic acids is 4. The lowest BCUT2D eigenvalue weighted by atomic mass is 9.88. The Bertz CT molecular complexity index is 2300. The van der Waals surface area contributed by atoms with E-state index in [0.717, 1.165) is 78.9 Å². The number of aromatic hydroxyl groups is 1. The van der Waals surface area contributed by atoms with Gasteiger partial charge in [0.25, 0.3) is 11.8 Å². The van der Waals surface area contributed by atoms with Crippen LogP contribution in [-0.2, 0) is 9.59 Å². The summed E-state index contributed by atoms with van der Waals surface area (Å²) in [6, 6.07) is 27.9. The molecule has 0 radical (unpaired) electrons. The normalized spacial score (nSPS) is 22.0. The Labute approximate surface area is 356 Å². The largest absolute Gasteiger partial charge is 0.508 e. The molecule has 0 aromatic heterocycles. The number of piperidine rings is 2. The molecular formula is C49H54FN5O6. The Balaban J connectivity index is 0.826. The minimum atomic E-state index is -1.10. The van der Waals surface area contributed by atoms with E-state index < -0.39 is 35.5 Å². The summed E-state index contributed by atoms with van der Waals surface area (Å²) in [5.74, 6) is -1.45. The van der Waals surface area contributed by atoms with E-state index in [9.17, 15) is 24.3 Å². The fraction of sp³-hybridized carbons (Fsp3) is 0.388. The predicted octanol–water partition coefficient (Wildman–Crippen LogP) is 6.99. The van der Waals surface area contributed by atoms with Crippen molar-refractivity contribution in [1.29, 1.82) is 0 Å². The van der Waals surface area contributed by atoms with Crippen molar-refractivity contribution in [2.75, 3.05) is 50.8 Å². The first-order valence-electron chi connectivity index (χ1n) is 21.6. The summed E-state index contributed by atoms with van der Waals surface area (Å²) in [5.41, 5.74) is 6.00. The van der Waals surface area contributed by atoms with Gasteiger partial charge in [-0.05, 0) is 123 Å². The van der Waals surface area contributed by atoms with Gasteiger partial charge in [-0.1, -0.05) is 61.5 Å². The van der Waals surface area contributed by atoms with Crippen LogP contribution in [0.1, 0.15) is 90.3 Å². The summed E-state index contributed by atoms with van der Waals surface area (Å²) in [5, 5.41) is 12.2. The average molecular weight is 828 g/mol. The molecule has 2 N–H and O–H groups in total. The van der Waals surface area contributed by atoms with Gasteiger partial charge in [0.15, 0.2) is 0 Å². The molecule has 12 heteroatoms. The third-order valence-electron chi connectivity index (χ3n) is 12.9. The Kier molecular flexibility index (Phi) is 12.4. The van der Waals surface area contributed by atoms with Crippen LogP contribution >= 0.6 is 0 Å². The number of likely N-dealkylation sites (tertiary alicyclic amines) is 1. The molecule has 0 bridgehead atoms. The molecule has 318 valence electrons. The van der Waals surface area contributed by atoms with Crippen LogP contribution in [-0.4, -0.2) is 107 Å². The Hall–Kier alpha value is -5.85. The molecule has 4 aromatic carbocycles. The monoisotopic (exact) mass is 827 g/mol. The van der Waals surface area contributed by atoms with Gasteiger partial charge in [-0.25, -0.2) is 4.39 Å². The third kappa shape index (κ3) is 8.83. The molecule has 0 aliphatic carbocycles. The lowest BCUT2D eigenvalue weighted by Gasteiger charge is -2.47. The first-order valence-corrected chi connectivity index (χ1v) is 21.6. The van der Waals surface area contributed by atoms with E-state index in [2.05, 4.69) is 72.3 Å². The number of hydrogen-bond donors (Lipinski definition) is 2. The van der Waals surface area contributed by atoms with Crippen LogP contribution < -0.4 is 15.0 Å². The van der Waals surface area contributed by atoms with Gasteiger partial charge in [0.05, 0.1) is 16.8 Å². The van der Waals surface area contributed by atoms with Crippen molar-refractivity contribution < 1.29 is 33.4 Å². The number of phenolic OH excluding ortho intramolecular Hbond substituents is 1. The molecule has 3 fully saturated rings. The second kappa shape index (κ2) is 18.0. The second-order valence-electron chi connectivity index (χ2n) is 16.9. The van der Waals surface area contributed by atoms with Crippen LogP contribution in [0.2, 0.25) is 0 Å². The summed E-state index contributed by atoms with van der Waals surface area (Å²) < 4.78 is 21.9. The van der Waals surface area contributed by atoms with Crippen molar-refractivity contribution in [3.8, 4) is 11.5 Å². The summed E-state index contributed by atoms with van der Waals surface area (Å²) in [7, 11) is 0. The zero-order valence-corrected chi connectivity index (χ0v) is 35.1. The number of benzene rings is 4. The Morgan fingerprint density at radius 1 is 0.803 bits per heavy atom. The molecule has 61 heavy (non-hydrogen) atoms. The SMILES string of the molecule is CCC(=C(c1ccc(O)cc1)c1ccc(OCCN2CCC(CN3C(C)CN(c4cc5c(cc4F)C(=O)N(C4CCC(=O)NC4=O)C5=O)CC3C)CC2)cc1)c1ccccc1. The number of anilines is 1. The number of rotatable bonds is 12. The van der Waals surface area contributed by atoms with Gasteiger partial charge in [0.2, 0.25) is 11.8 Å². The van der Waals surface area contributed by atoms with Crippen LogP contribution in [0, 0.1) is 11.7 Å². The number of nitrogens with zero attached hydrogens (tertiary/aromatic N) is 4. The highest BCUT2D eigenvalue weighted by Crippen LogP contribution is 2.37. The van der Waals surface area contributed by atoms with Crippen molar-refractivity contribution in [3.63, 3.8) is 0 Å². The maximum atomic E-state index is 15.7. The van der Waals surface area contributed by atoms with Crippen LogP contribution in [0.3, 0.4) is 0 Å². The van der Waals surface area contributed by atoms with E-state index in [1.165, 1.54) is 17.2 Å². The number of fused-ring (bicyclic) bond motifs is 1. The fourth-order valence-electron chi connectivity index (χ4n) is 9.64. The maximum Gasteiger partial charge on any atom is 0.262 e. The Morgan fingerprint density at radius 2 is 1.43 bits per heavy atom. The van der Waals surface area contributed by atoms with Crippen LogP contribution in [0.25, 0.3) is 11.1 Å². The minimum Gasteiger partial charge on any atom is -0.508 e. The van der Waals surface area contributed by atoms with E-state index in [-0.39, 0.29) is 47.5 Å². The standard InChI is InChI=1S/C49H54FN5O6/c1-4-39(34-8-6-5-7-9-34)46(35-10-14-37(56)15-11-35)36-12-16-38(17-13-36)61-25-24-52-22-20-33(21-23-52)30-54-31(2)28-53(29-32(54)3)44-27-41-40(26-42(44)50)48(59)55(49(41)60)43-18-19-45(57)51-47(43)58/h5-17,26-27,31-33,43,56H,4,18-25,28-30H2,1-3H3,(H,51,57,58). The molecule has 4 aliphatic rings. The van der Waals surface area contributed by atoms with Crippen LogP contribution in [0.5, 0.6) is 11.5 Å². The Morgan fingerprint density at radius 3 is 2.05 bits per heavy atom. The molecule has 3 saturated heterocycles. The number of hydrogen-bond acceptors (Lipinski definition) is 9. The third-order valence-corrected chi connectivity index (χ3v) is 12.9. The number of halogens is 1. The molecule has 3 unspecified atom stereocenters. The molecule has 0 spiro atoms. The number of imide groups is 2. The van der Waals surface area contributed by atoms with E-state index in [4.69, 9.17) is 4.74 Å². The second-order valence-corrected chi connectivity index (χ2v) is 16.9. The molecule has 4 aromatic rings. The summed E-state index contributed by atoms with van der Waals surface area (Å²) in [6.07, 6.45) is 3.09. The molecular weight excluding hydrogens is 774 g/mol. The highest BCUT2D eigenvalue weighted by Gasteiger charge is 2.45. The van der Waals surface area contributed by atoms with Gasteiger partial charge in [-0.3, -0.25) is 39.2 Å². The van der Waals surface area contributed by atoms with Crippen molar-refractivity contribution in [2.45, 2.75) is 71.0 Å². The van der Waals surface area contributed by atoms with Gasteiger partial charge in [-0.15, -0.1) is 0 Å². The van der Waals surface area contributed by atoms with Crippen molar-refractivity contribution in [2.24, 2.45) is 5.92 Å². The summed E-state index contributed by atoms with van der Waals surface area (Å²) in [6.45, 7) is 12.0. The molecule has 8 rings (SSSR count). The van der Waals surface area contributed by atoms with Crippen molar-refractivity contribution in [3.05, 3.63) is 125 Å². The van der Waals surface area contributed by atoms with Gasteiger partial charge >= 0.3 is 0 Å². The number of phenols is 1. The topological polar surface area (TPSA) is 123 Å². The highest BCUT2D eigenvalue weighted by atomic mass is 19.1. The molecule has 4 heterocycles. The van der Waals surface area contributed by atoms with E-state index in [1.807, 2.05) is 35.2 Å². The van der Waals surface area contributed by atoms with E-state index >= 15 is 4.39 Å². The molecule has 4 aliphatic heterocycles. The van der Waals surface area contributed by atoms with Crippen molar-refractivity contribution >= 4 is 40.5 Å². The zero-order valence-electron chi connectivity index (χ0n) is 35.1. The maximum absolute atomic E-state index is 15.7. The van der Waals surface area contributed by atoms with Gasteiger partial charge in [0, 0.05) is 44.7 Å².